The Morgan fingerprint density at radius 2 is 1.44 bits per heavy atom. The zero-order valence-electron chi connectivity index (χ0n) is 31.1. The predicted octanol–water partition coefficient (Wildman–Crippen LogP) is 10.6. The lowest BCUT2D eigenvalue weighted by Gasteiger charge is -2.19. The Morgan fingerprint density at radius 1 is 0.855 bits per heavy atom. The molecule has 0 aromatic heterocycles. The second-order valence-electron chi connectivity index (χ2n) is 13.5. The third kappa shape index (κ3) is 12.9. The van der Waals surface area contributed by atoms with Crippen LogP contribution in [-0.4, -0.2) is 43.7 Å². The van der Waals surface area contributed by atoms with Gasteiger partial charge in [0.05, 0.1) is 43.4 Å². The molecule has 12 nitrogen and oxygen atoms in total. The van der Waals surface area contributed by atoms with Gasteiger partial charge in [0, 0.05) is 17.2 Å². The number of nitro groups is 1. The molecule has 4 rings (SSSR count). The number of nitrogens with one attached hydrogen (secondary N) is 2. The average Bonchev–Trinajstić information content (AvgIpc) is 3.42. The molecular formula is C39H48Cl3N5O7S. The van der Waals surface area contributed by atoms with E-state index in [2.05, 4.69) is 22.1 Å². The summed E-state index contributed by atoms with van der Waals surface area (Å²) in [7, 11) is -4.44. The van der Waals surface area contributed by atoms with Crippen molar-refractivity contribution in [2.75, 3.05) is 16.9 Å². The molecule has 1 aliphatic rings. The summed E-state index contributed by atoms with van der Waals surface area (Å²) in [6, 6.07) is 9.92. The fraction of sp³-hybridized carbons (Fsp3) is 0.462. The highest BCUT2D eigenvalue weighted by molar-refractivity contribution is 7.89. The maximum atomic E-state index is 13.9. The van der Waals surface area contributed by atoms with Crippen LogP contribution >= 0.6 is 34.8 Å². The number of hydrazone groups is 1. The minimum Gasteiger partial charge on any atom is -0.462 e. The summed E-state index contributed by atoms with van der Waals surface area (Å²) in [4.78, 5) is 37.0. The number of nitro benzene ring substituents is 1. The van der Waals surface area contributed by atoms with E-state index in [1.807, 2.05) is 0 Å². The second kappa shape index (κ2) is 21.5. The van der Waals surface area contributed by atoms with Crippen LogP contribution in [0, 0.1) is 17.0 Å². The average molecular weight is 837 g/mol. The molecule has 0 bridgehead atoms. The number of hydrogen-bond donors (Lipinski definition) is 2. The zero-order chi connectivity index (χ0) is 40.0. The first-order chi connectivity index (χ1) is 26.3. The van der Waals surface area contributed by atoms with Gasteiger partial charge in [-0.25, -0.2) is 13.2 Å². The number of benzene rings is 3. The summed E-state index contributed by atoms with van der Waals surface area (Å²) < 4.78 is 34.8. The molecular weight excluding hydrogens is 789 g/mol. The molecule has 55 heavy (non-hydrogen) atoms. The van der Waals surface area contributed by atoms with E-state index >= 15 is 0 Å². The highest BCUT2D eigenvalue weighted by Gasteiger charge is 2.41. The number of carbonyl (C=O) groups excluding carboxylic acids is 2. The van der Waals surface area contributed by atoms with E-state index in [0.29, 0.717) is 10.6 Å². The molecule has 298 valence electrons. The normalized spacial score (nSPS) is 14.3. The first-order valence-corrected chi connectivity index (χ1v) is 21.3. The Hall–Kier alpha value is -3.75. The summed E-state index contributed by atoms with van der Waals surface area (Å²) in [5.74, 6) is -1.57. The lowest BCUT2D eigenvalue weighted by molar-refractivity contribution is -0.384. The molecule has 1 amide bonds. The van der Waals surface area contributed by atoms with Crippen molar-refractivity contribution in [3.63, 3.8) is 0 Å². The maximum absolute atomic E-state index is 13.9. The van der Waals surface area contributed by atoms with Crippen molar-refractivity contribution in [1.82, 2.24) is 4.72 Å². The molecule has 1 atom stereocenters. The number of ether oxygens (including phenoxy) is 1. The smallest absolute Gasteiger partial charge is 0.338 e. The number of sulfonamides is 1. The van der Waals surface area contributed by atoms with Crippen LogP contribution in [-0.2, 0) is 19.6 Å². The van der Waals surface area contributed by atoms with E-state index in [1.165, 1.54) is 88.5 Å². The van der Waals surface area contributed by atoms with Gasteiger partial charge in [-0.15, -0.1) is 5.10 Å². The van der Waals surface area contributed by atoms with Gasteiger partial charge in [-0.2, -0.15) is 9.73 Å². The number of rotatable bonds is 22. The molecule has 0 fully saturated rings. The van der Waals surface area contributed by atoms with Crippen LogP contribution in [0.5, 0.6) is 0 Å². The topological polar surface area (TPSA) is 160 Å². The Bertz CT molecular complexity index is 1920. The second-order valence-corrected chi connectivity index (χ2v) is 16.5. The van der Waals surface area contributed by atoms with E-state index in [-0.39, 0.29) is 50.0 Å². The molecule has 2 N–H and O–H groups in total. The van der Waals surface area contributed by atoms with Crippen molar-refractivity contribution in [2.45, 2.75) is 115 Å². The standard InChI is InChI=1S/C39H48Cl3N5O7S/c1-3-4-5-6-7-8-9-10-11-12-13-14-15-16-23-54-39(49)28-17-22-32(41)34(25-28)43-37-35(45-55(52,53)31-20-18-30(19-21-31)47(50)51)38(48)46(44-37)36-27(2)24-29(40)26-33(36)42/h17-22,24-26,35,45H,3-16,23H2,1-2H3,(H,43,44). The van der Waals surface area contributed by atoms with Crippen LogP contribution in [0.3, 0.4) is 0 Å². The van der Waals surface area contributed by atoms with Crippen LogP contribution < -0.4 is 15.0 Å². The maximum Gasteiger partial charge on any atom is 0.338 e. The fourth-order valence-corrected chi connectivity index (χ4v) is 8.17. The van der Waals surface area contributed by atoms with E-state index in [9.17, 15) is 28.1 Å². The Labute approximate surface area is 338 Å². The number of aryl methyl sites for hydroxylation is 1. The minimum absolute atomic E-state index is 0.0851. The van der Waals surface area contributed by atoms with Gasteiger partial charge in [-0.1, -0.05) is 125 Å². The number of unbranched alkanes of at least 4 members (excludes halogenated alkanes) is 13. The number of hydrogen-bond acceptors (Lipinski definition) is 9. The molecule has 0 aliphatic carbocycles. The van der Waals surface area contributed by atoms with Crippen molar-refractivity contribution in [3.05, 3.63) is 90.9 Å². The first-order valence-electron chi connectivity index (χ1n) is 18.7. The highest BCUT2D eigenvalue weighted by Crippen LogP contribution is 2.36. The zero-order valence-corrected chi connectivity index (χ0v) is 34.2. The number of esters is 1. The number of carbonyl (C=O) groups is 2. The largest absolute Gasteiger partial charge is 0.462 e. The number of halogens is 3. The van der Waals surface area contributed by atoms with Crippen LogP contribution in [0.25, 0.3) is 0 Å². The molecule has 0 saturated heterocycles. The number of amides is 1. The van der Waals surface area contributed by atoms with Gasteiger partial charge in [-0.05, 0) is 61.4 Å². The van der Waals surface area contributed by atoms with Gasteiger partial charge in [-0.3, -0.25) is 14.9 Å². The van der Waals surface area contributed by atoms with Crippen molar-refractivity contribution in [1.29, 1.82) is 0 Å². The summed E-state index contributed by atoms with van der Waals surface area (Å²) in [5.41, 5.74) is 0.665. The summed E-state index contributed by atoms with van der Waals surface area (Å²) in [5, 5.41) is 19.9. The first kappa shape index (κ1) is 44.0. The van der Waals surface area contributed by atoms with Crippen LogP contribution in [0.1, 0.15) is 113 Å². The van der Waals surface area contributed by atoms with Crippen LogP contribution in [0.15, 0.2) is 64.6 Å². The van der Waals surface area contributed by atoms with Gasteiger partial charge < -0.3 is 10.1 Å². The lowest BCUT2D eigenvalue weighted by atomic mass is 10.0. The molecule has 3 aromatic rings. The molecule has 0 saturated carbocycles. The molecule has 1 unspecified atom stereocenters. The highest BCUT2D eigenvalue weighted by atomic mass is 35.5. The lowest BCUT2D eigenvalue weighted by Crippen LogP contribution is -2.48. The fourth-order valence-electron chi connectivity index (χ4n) is 6.18. The molecule has 16 heteroatoms. The van der Waals surface area contributed by atoms with Crippen molar-refractivity contribution in [2.24, 2.45) is 5.10 Å². The van der Waals surface area contributed by atoms with Crippen LogP contribution in [0.4, 0.5) is 17.1 Å². The van der Waals surface area contributed by atoms with Gasteiger partial charge >= 0.3 is 5.97 Å². The summed E-state index contributed by atoms with van der Waals surface area (Å²) >= 11 is 19.1. The Balaban J connectivity index is 1.38. The van der Waals surface area contributed by atoms with Crippen LogP contribution in [0.2, 0.25) is 15.1 Å². The molecule has 0 spiro atoms. The quantitative estimate of drug-likeness (QED) is 0.0438. The van der Waals surface area contributed by atoms with E-state index in [4.69, 9.17) is 39.5 Å². The molecule has 1 heterocycles. The molecule has 0 radical (unpaired) electrons. The number of anilines is 2. The predicted molar refractivity (Wildman–Crippen MR) is 219 cm³/mol. The van der Waals surface area contributed by atoms with E-state index in [1.54, 1.807) is 13.0 Å². The third-order valence-electron chi connectivity index (χ3n) is 9.19. The molecule has 1 aliphatic heterocycles. The number of amidine groups is 1. The summed E-state index contributed by atoms with van der Waals surface area (Å²) in [6.45, 7) is 4.15. The summed E-state index contributed by atoms with van der Waals surface area (Å²) in [6.07, 6.45) is 17.0. The van der Waals surface area contributed by atoms with Gasteiger partial charge in [0.2, 0.25) is 10.0 Å². The SMILES string of the molecule is CCCCCCCCCCCCCCCCOC(=O)c1ccc(Cl)c(NC2=NN(c3c(C)cc(Cl)cc3Cl)C(=O)C2NS(=O)(=O)c2ccc([N+](=O)[O-])cc2)c1. The Kier molecular flexibility index (Phi) is 17.2. The van der Waals surface area contributed by atoms with Gasteiger partial charge in [0.25, 0.3) is 11.6 Å². The van der Waals surface area contributed by atoms with E-state index < -0.39 is 32.9 Å². The number of nitrogens with zero attached hydrogens (tertiary/aromatic N) is 3. The minimum atomic E-state index is -4.44. The van der Waals surface area contributed by atoms with Gasteiger partial charge in [0.1, 0.15) is 0 Å². The third-order valence-corrected chi connectivity index (χ3v) is 11.5. The number of non-ortho nitro benzene ring substituents is 1. The Morgan fingerprint density at radius 3 is 2.00 bits per heavy atom. The van der Waals surface area contributed by atoms with E-state index in [0.717, 1.165) is 55.0 Å². The van der Waals surface area contributed by atoms with Crippen molar-refractivity contribution in [3.8, 4) is 0 Å². The van der Waals surface area contributed by atoms with Crippen molar-refractivity contribution < 1.29 is 27.7 Å². The van der Waals surface area contributed by atoms with Gasteiger partial charge in [0.15, 0.2) is 11.9 Å². The molecule has 3 aromatic carbocycles. The monoisotopic (exact) mass is 835 g/mol. The van der Waals surface area contributed by atoms with Crippen molar-refractivity contribution >= 4 is 79.6 Å².